The number of hydrogen-bond donors (Lipinski definition) is 3. The number of sulfonamides is 1. The summed E-state index contributed by atoms with van der Waals surface area (Å²) >= 11 is 0. The second kappa shape index (κ2) is 9.31. The van der Waals surface area contributed by atoms with E-state index in [4.69, 9.17) is 5.11 Å². The smallest absolute Gasteiger partial charge is 0.240 e. The lowest BCUT2D eigenvalue weighted by Crippen LogP contribution is -2.18. The van der Waals surface area contributed by atoms with E-state index in [2.05, 4.69) is 15.0 Å². The van der Waals surface area contributed by atoms with E-state index in [0.717, 1.165) is 23.9 Å². The first kappa shape index (κ1) is 20.6. The molecule has 3 rings (SSSR count). The predicted octanol–water partition coefficient (Wildman–Crippen LogP) is 2.22. The number of nitrogens with one attached hydrogen (secondary N) is 2. The maximum Gasteiger partial charge on any atom is 0.240 e. The molecule has 0 radical (unpaired) electrons. The number of aliphatic hydroxyl groups excluding tert-OH is 1. The van der Waals surface area contributed by atoms with Crippen molar-refractivity contribution in [2.24, 2.45) is 7.05 Å². The number of imidazole rings is 1. The molecule has 3 aromatic rings. The van der Waals surface area contributed by atoms with Crippen molar-refractivity contribution in [2.75, 3.05) is 19.5 Å². The van der Waals surface area contributed by atoms with Gasteiger partial charge in [-0.25, -0.2) is 18.1 Å². The third-order valence-electron chi connectivity index (χ3n) is 3.88. The number of benzene rings is 2. The van der Waals surface area contributed by atoms with Crippen LogP contribution in [0.4, 0.5) is 5.69 Å². The van der Waals surface area contributed by atoms with E-state index in [1.165, 1.54) is 7.05 Å². The molecule has 0 aliphatic heterocycles. The third-order valence-corrected chi connectivity index (χ3v) is 5.29. The number of aliphatic hydroxyl groups is 1. The van der Waals surface area contributed by atoms with Crippen LogP contribution in [0.3, 0.4) is 0 Å². The number of anilines is 1. The number of nitrogens with zero attached hydrogens (tertiary/aromatic N) is 2. The summed E-state index contributed by atoms with van der Waals surface area (Å²) in [5, 5.41) is 10.4. The monoisotopic (exact) mass is 388 g/mol. The molecule has 0 unspecified atom stereocenters. The van der Waals surface area contributed by atoms with E-state index in [0.29, 0.717) is 12.2 Å². The summed E-state index contributed by atoms with van der Waals surface area (Å²) in [7, 11) is 0.759. The minimum atomic E-state index is -3.52. The van der Waals surface area contributed by atoms with Crippen LogP contribution < -0.4 is 10.0 Å². The molecule has 2 aromatic carbocycles. The topological polar surface area (TPSA) is 96.3 Å². The highest BCUT2D eigenvalue weighted by molar-refractivity contribution is 7.89. The van der Waals surface area contributed by atoms with Crippen molar-refractivity contribution in [3.8, 4) is 11.3 Å². The zero-order valence-corrected chi connectivity index (χ0v) is 16.4. The highest BCUT2D eigenvalue weighted by Crippen LogP contribution is 2.29. The molecule has 0 fully saturated rings. The van der Waals surface area contributed by atoms with Gasteiger partial charge < -0.3 is 15.0 Å². The molecule has 0 spiro atoms. The van der Waals surface area contributed by atoms with Gasteiger partial charge in [-0.3, -0.25) is 0 Å². The molecule has 0 bridgehead atoms. The fraction of sp³-hybridized carbons (Fsp3) is 0.211. The van der Waals surface area contributed by atoms with Crippen LogP contribution in [0.2, 0.25) is 0 Å². The quantitative estimate of drug-likeness (QED) is 0.602. The van der Waals surface area contributed by atoms with Crippen molar-refractivity contribution in [1.29, 1.82) is 0 Å². The summed E-state index contributed by atoms with van der Waals surface area (Å²) in [5.41, 5.74) is 3.43. The standard InChI is InChI=1S/C18H20N4O2S.CH4O/c1-19-25(23,24)15-8-9-17(20-11-14-6-4-3-5-7-14)16(10-15)18-12-22(2)13-21-18;1-2/h3-10,12-13,19-20H,11H2,1-2H3;2H,1H3. The summed E-state index contributed by atoms with van der Waals surface area (Å²) in [6, 6.07) is 15.0. The van der Waals surface area contributed by atoms with Gasteiger partial charge in [0.25, 0.3) is 0 Å². The molecule has 3 N–H and O–H groups in total. The largest absolute Gasteiger partial charge is 0.400 e. The van der Waals surface area contributed by atoms with Crippen molar-refractivity contribution < 1.29 is 13.5 Å². The Hall–Kier alpha value is -2.68. The SMILES string of the molecule is CNS(=O)(=O)c1ccc(NCc2ccccc2)c(-c2cn(C)cn2)c1.CO. The number of hydrogen-bond acceptors (Lipinski definition) is 5. The lowest BCUT2D eigenvalue weighted by Gasteiger charge is -2.13. The summed E-state index contributed by atoms with van der Waals surface area (Å²) in [4.78, 5) is 4.57. The minimum absolute atomic E-state index is 0.209. The maximum atomic E-state index is 12.1. The Morgan fingerprint density at radius 2 is 1.81 bits per heavy atom. The molecule has 8 heteroatoms. The molecular formula is C19H24N4O3S. The maximum absolute atomic E-state index is 12.1. The van der Waals surface area contributed by atoms with Crippen molar-refractivity contribution in [2.45, 2.75) is 11.4 Å². The molecule has 0 atom stereocenters. The van der Waals surface area contributed by atoms with Crippen LogP contribution in [-0.4, -0.2) is 37.2 Å². The Kier molecular flexibility index (Phi) is 7.12. The normalized spacial score (nSPS) is 10.8. The van der Waals surface area contributed by atoms with Crippen LogP contribution >= 0.6 is 0 Å². The van der Waals surface area contributed by atoms with Crippen molar-refractivity contribution in [1.82, 2.24) is 14.3 Å². The lowest BCUT2D eigenvalue weighted by atomic mass is 10.1. The van der Waals surface area contributed by atoms with Crippen LogP contribution in [0.5, 0.6) is 0 Å². The zero-order valence-electron chi connectivity index (χ0n) is 15.5. The van der Waals surface area contributed by atoms with E-state index in [1.807, 2.05) is 48.1 Å². The van der Waals surface area contributed by atoms with Gasteiger partial charge in [-0.2, -0.15) is 0 Å². The minimum Gasteiger partial charge on any atom is -0.400 e. The average molecular weight is 388 g/mol. The van der Waals surface area contributed by atoms with Crippen LogP contribution in [0.15, 0.2) is 66.0 Å². The summed E-state index contributed by atoms with van der Waals surface area (Å²) in [6.45, 7) is 0.638. The molecule has 0 amide bonds. The van der Waals surface area contributed by atoms with Crippen molar-refractivity contribution in [3.63, 3.8) is 0 Å². The van der Waals surface area contributed by atoms with Crippen LogP contribution in [0.1, 0.15) is 5.56 Å². The number of rotatable bonds is 6. The molecule has 1 aromatic heterocycles. The average Bonchev–Trinajstić information content (AvgIpc) is 3.14. The van der Waals surface area contributed by atoms with Crippen LogP contribution in [-0.2, 0) is 23.6 Å². The molecule has 0 saturated heterocycles. The lowest BCUT2D eigenvalue weighted by molar-refractivity contribution is 0.399. The Labute approximate surface area is 159 Å². The second-order valence-corrected chi connectivity index (χ2v) is 7.57. The predicted molar refractivity (Wildman–Crippen MR) is 107 cm³/mol. The van der Waals surface area contributed by atoms with Gasteiger partial charge in [0.2, 0.25) is 10.0 Å². The fourth-order valence-corrected chi connectivity index (χ4v) is 3.28. The van der Waals surface area contributed by atoms with Gasteiger partial charge in [0.1, 0.15) is 0 Å². The van der Waals surface area contributed by atoms with E-state index in [-0.39, 0.29) is 4.90 Å². The first-order valence-electron chi connectivity index (χ1n) is 8.28. The Bertz CT molecular complexity index is 970. The highest BCUT2D eigenvalue weighted by atomic mass is 32.2. The molecule has 144 valence electrons. The number of aromatic nitrogens is 2. The Morgan fingerprint density at radius 1 is 1.11 bits per heavy atom. The van der Waals surface area contributed by atoms with E-state index < -0.39 is 10.0 Å². The summed E-state index contributed by atoms with van der Waals surface area (Å²) in [6.07, 6.45) is 3.55. The van der Waals surface area contributed by atoms with Gasteiger partial charge in [0, 0.05) is 38.1 Å². The van der Waals surface area contributed by atoms with E-state index in [9.17, 15) is 8.42 Å². The molecular weight excluding hydrogens is 364 g/mol. The first-order valence-corrected chi connectivity index (χ1v) is 9.76. The molecule has 1 heterocycles. The summed E-state index contributed by atoms with van der Waals surface area (Å²) < 4.78 is 28.4. The molecule has 27 heavy (non-hydrogen) atoms. The van der Waals surface area contributed by atoms with Crippen molar-refractivity contribution in [3.05, 3.63) is 66.6 Å². The number of aryl methyl sites for hydroxylation is 1. The third kappa shape index (κ3) is 5.16. The summed E-state index contributed by atoms with van der Waals surface area (Å²) in [5.74, 6) is 0. The second-order valence-electron chi connectivity index (χ2n) is 5.68. The molecule has 0 aliphatic carbocycles. The van der Waals surface area contributed by atoms with Gasteiger partial charge in [-0.05, 0) is 30.8 Å². The van der Waals surface area contributed by atoms with Gasteiger partial charge in [-0.15, -0.1) is 0 Å². The molecule has 0 saturated carbocycles. The first-order chi connectivity index (χ1) is 13.0. The van der Waals surface area contributed by atoms with E-state index >= 15 is 0 Å². The molecule has 7 nitrogen and oxygen atoms in total. The van der Waals surface area contributed by atoms with Gasteiger partial charge in [0.05, 0.1) is 16.9 Å². The molecule has 0 aliphatic rings. The van der Waals surface area contributed by atoms with Crippen molar-refractivity contribution >= 4 is 15.7 Å². The van der Waals surface area contributed by atoms with Gasteiger partial charge in [-0.1, -0.05) is 30.3 Å². The fourth-order valence-electron chi connectivity index (χ4n) is 2.52. The Morgan fingerprint density at radius 3 is 2.41 bits per heavy atom. The van der Waals surface area contributed by atoms with Gasteiger partial charge in [0.15, 0.2) is 0 Å². The van der Waals surface area contributed by atoms with Gasteiger partial charge >= 0.3 is 0 Å². The zero-order chi connectivity index (χ0) is 19.9. The van der Waals surface area contributed by atoms with Crippen LogP contribution in [0, 0.1) is 0 Å². The van der Waals surface area contributed by atoms with E-state index in [1.54, 1.807) is 24.5 Å². The Balaban J connectivity index is 0.00000126. The highest BCUT2D eigenvalue weighted by Gasteiger charge is 2.16. The van der Waals surface area contributed by atoms with Crippen LogP contribution in [0.25, 0.3) is 11.3 Å².